The zero-order valence-electron chi connectivity index (χ0n) is 11.2. The fourth-order valence-corrected chi connectivity index (χ4v) is 2.69. The molecule has 0 aromatic heterocycles. The molecule has 1 aliphatic heterocycles. The van der Waals surface area contributed by atoms with E-state index in [9.17, 15) is 0 Å². The van der Waals surface area contributed by atoms with Crippen LogP contribution in [0.15, 0.2) is 24.3 Å². The highest BCUT2D eigenvalue weighted by Crippen LogP contribution is 2.41. The number of halogens is 1. The Hall–Kier alpha value is -1.09. The summed E-state index contributed by atoms with van der Waals surface area (Å²) in [6, 6.07) is 7.47. The second kappa shape index (κ2) is 5.70. The van der Waals surface area contributed by atoms with Crippen molar-refractivity contribution >= 4 is 0 Å². The van der Waals surface area contributed by atoms with Crippen LogP contribution in [0, 0.1) is 5.92 Å². The molecule has 1 aliphatic rings. The fourth-order valence-electron chi connectivity index (χ4n) is 2.69. The summed E-state index contributed by atoms with van der Waals surface area (Å²) in [7, 11) is 0. The Morgan fingerprint density at radius 3 is 2.89 bits per heavy atom. The lowest BCUT2D eigenvalue weighted by Gasteiger charge is -2.35. The standard InChI is InChI=1S/C15H22FNO/c1-3-18-14-9-5-4-8-13(14)15(2,16)12-7-6-10-17-11-12/h4-5,8-9,12,17H,3,6-7,10-11H2,1-2H3. The molecular formula is C15H22FNO. The zero-order valence-corrected chi connectivity index (χ0v) is 11.2. The molecule has 2 atom stereocenters. The molecular weight excluding hydrogens is 229 g/mol. The van der Waals surface area contributed by atoms with E-state index in [1.54, 1.807) is 6.92 Å². The van der Waals surface area contributed by atoms with Crippen molar-refractivity contribution in [3.63, 3.8) is 0 Å². The molecule has 3 heteroatoms. The van der Waals surface area contributed by atoms with Crippen LogP contribution in [-0.2, 0) is 5.67 Å². The van der Waals surface area contributed by atoms with Crippen molar-refractivity contribution in [1.29, 1.82) is 0 Å². The monoisotopic (exact) mass is 251 g/mol. The highest BCUT2D eigenvalue weighted by Gasteiger charge is 2.38. The van der Waals surface area contributed by atoms with Crippen LogP contribution < -0.4 is 10.1 Å². The van der Waals surface area contributed by atoms with Crippen LogP contribution in [0.25, 0.3) is 0 Å². The van der Waals surface area contributed by atoms with E-state index in [0.717, 1.165) is 25.9 Å². The first-order valence-electron chi connectivity index (χ1n) is 6.78. The topological polar surface area (TPSA) is 21.3 Å². The van der Waals surface area contributed by atoms with Gasteiger partial charge in [0.1, 0.15) is 11.4 Å². The van der Waals surface area contributed by atoms with E-state index < -0.39 is 5.67 Å². The number of hydrogen-bond donors (Lipinski definition) is 1. The Balaban J connectivity index is 2.27. The molecule has 0 bridgehead atoms. The average Bonchev–Trinajstić information content (AvgIpc) is 2.41. The largest absolute Gasteiger partial charge is 0.493 e. The first kappa shape index (κ1) is 13.3. The van der Waals surface area contributed by atoms with Gasteiger partial charge in [-0.05, 0) is 39.3 Å². The van der Waals surface area contributed by atoms with Crippen molar-refractivity contribution in [2.45, 2.75) is 32.4 Å². The Labute approximate surface area is 109 Å². The van der Waals surface area contributed by atoms with E-state index >= 15 is 4.39 Å². The van der Waals surface area contributed by atoms with Gasteiger partial charge in [0.2, 0.25) is 0 Å². The van der Waals surface area contributed by atoms with Gasteiger partial charge in [-0.2, -0.15) is 0 Å². The van der Waals surface area contributed by atoms with Crippen molar-refractivity contribution in [1.82, 2.24) is 5.32 Å². The van der Waals surface area contributed by atoms with Gasteiger partial charge in [0.05, 0.1) is 6.61 Å². The third-order valence-electron chi connectivity index (χ3n) is 3.78. The Morgan fingerprint density at radius 2 is 2.22 bits per heavy atom. The van der Waals surface area contributed by atoms with Gasteiger partial charge in [0.25, 0.3) is 0 Å². The minimum atomic E-state index is -1.33. The lowest BCUT2D eigenvalue weighted by Crippen LogP contribution is -2.40. The van der Waals surface area contributed by atoms with Crippen molar-refractivity contribution < 1.29 is 9.13 Å². The number of rotatable bonds is 4. The quantitative estimate of drug-likeness (QED) is 0.886. The maximum absolute atomic E-state index is 15.2. The molecule has 1 saturated heterocycles. The number of hydrogen-bond acceptors (Lipinski definition) is 2. The van der Waals surface area contributed by atoms with Crippen LogP contribution in [0.5, 0.6) is 5.75 Å². The highest BCUT2D eigenvalue weighted by molar-refractivity contribution is 5.38. The molecule has 0 spiro atoms. The van der Waals surface area contributed by atoms with Crippen molar-refractivity contribution in [3.8, 4) is 5.75 Å². The van der Waals surface area contributed by atoms with Gasteiger partial charge in [-0.3, -0.25) is 0 Å². The summed E-state index contributed by atoms with van der Waals surface area (Å²) in [5.41, 5.74) is -0.653. The number of para-hydroxylation sites is 1. The van der Waals surface area contributed by atoms with Crippen LogP contribution in [0.4, 0.5) is 4.39 Å². The minimum absolute atomic E-state index is 0.0212. The van der Waals surface area contributed by atoms with Crippen LogP contribution in [0.2, 0.25) is 0 Å². The number of benzene rings is 1. The van der Waals surface area contributed by atoms with Crippen molar-refractivity contribution in [3.05, 3.63) is 29.8 Å². The van der Waals surface area contributed by atoms with Gasteiger partial charge in [0.15, 0.2) is 0 Å². The first-order chi connectivity index (χ1) is 8.66. The summed E-state index contributed by atoms with van der Waals surface area (Å²) in [6.07, 6.45) is 1.97. The van der Waals surface area contributed by atoms with E-state index in [1.165, 1.54) is 0 Å². The zero-order chi connectivity index (χ0) is 13.0. The van der Waals surface area contributed by atoms with Crippen LogP contribution in [-0.4, -0.2) is 19.7 Å². The van der Waals surface area contributed by atoms with Crippen LogP contribution >= 0.6 is 0 Å². The van der Waals surface area contributed by atoms with Gasteiger partial charge in [-0.1, -0.05) is 18.2 Å². The fraction of sp³-hybridized carbons (Fsp3) is 0.600. The summed E-state index contributed by atoms with van der Waals surface area (Å²) in [5.74, 6) is 0.698. The predicted molar refractivity (Wildman–Crippen MR) is 71.7 cm³/mol. The number of piperidine rings is 1. The molecule has 1 heterocycles. The van der Waals surface area contributed by atoms with Gasteiger partial charge in [-0.15, -0.1) is 0 Å². The predicted octanol–water partition coefficient (Wildman–Crippen LogP) is 3.27. The molecule has 2 unspecified atom stereocenters. The second-order valence-electron chi connectivity index (χ2n) is 5.05. The smallest absolute Gasteiger partial charge is 0.140 e. The second-order valence-corrected chi connectivity index (χ2v) is 5.05. The molecule has 2 nitrogen and oxygen atoms in total. The molecule has 0 aliphatic carbocycles. The van der Waals surface area contributed by atoms with E-state index in [2.05, 4.69) is 5.32 Å². The molecule has 1 fully saturated rings. The Bertz CT molecular complexity index is 386. The number of ether oxygens (including phenoxy) is 1. The molecule has 0 amide bonds. The van der Waals surface area contributed by atoms with Gasteiger partial charge in [-0.25, -0.2) is 4.39 Å². The molecule has 18 heavy (non-hydrogen) atoms. The third kappa shape index (κ3) is 2.66. The van der Waals surface area contributed by atoms with Crippen molar-refractivity contribution in [2.24, 2.45) is 5.92 Å². The average molecular weight is 251 g/mol. The lowest BCUT2D eigenvalue weighted by molar-refractivity contribution is 0.0776. The van der Waals surface area contributed by atoms with Crippen molar-refractivity contribution in [2.75, 3.05) is 19.7 Å². The molecule has 0 saturated carbocycles. The molecule has 2 rings (SSSR count). The van der Waals surface area contributed by atoms with E-state index in [4.69, 9.17) is 4.74 Å². The van der Waals surface area contributed by atoms with Gasteiger partial charge < -0.3 is 10.1 Å². The van der Waals surface area contributed by atoms with E-state index in [1.807, 2.05) is 31.2 Å². The Kier molecular flexibility index (Phi) is 4.23. The van der Waals surface area contributed by atoms with Gasteiger partial charge in [0, 0.05) is 18.0 Å². The number of nitrogens with one attached hydrogen (secondary N) is 1. The first-order valence-corrected chi connectivity index (χ1v) is 6.78. The third-order valence-corrected chi connectivity index (χ3v) is 3.78. The minimum Gasteiger partial charge on any atom is -0.493 e. The normalized spacial score (nSPS) is 23.4. The molecule has 0 radical (unpaired) electrons. The summed E-state index contributed by atoms with van der Waals surface area (Å²) < 4.78 is 20.7. The van der Waals surface area contributed by atoms with Crippen LogP contribution in [0.3, 0.4) is 0 Å². The summed E-state index contributed by atoms with van der Waals surface area (Å²) in [5, 5.41) is 3.28. The van der Waals surface area contributed by atoms with Gasteiger partial charge >= 0.3 is 0 Å². The van der Waals surface area contributed by atoms with E-state index in [0.29, 0.717) is 17.9 Å². The maximum Gasteiger partial charge on any atom is 0.140 e. The Morgan fingerprint density at radius 1 is 1.44 bits per heavy atom. The van der Waals surface area contributed by atoms with E-state index in [-0.39, 0.29) is 5.92 Å². The number of alkyl halides is 1. The molecule has 1 aromatic carbocycles. The molecule has 100 valence electrons. The lowest BCUT2D eigenvalue weighted by atomic mass is 9.80. The molecule has 1 aromatic rings. The summed E-state index contributed by atoms with van der Waals surface area (Å²) >= 11 is 0. The SMILES string of the molecule is CCOc1ccccc1C(C)(F)C1CCCNC1. The van der Waals surface area contributed by atoms with Crippen LogP contribution in [0.1, 0.15) is 32.3 Å². The highest BCUT2D eigenvalue weighted by atomic mass is 19.1. The molecule has 1 N–H and O–H groups in total. The summed E-state index contributed by atoms with van der Waals surface area (Å²) in [4.78, 5) is 0. The maximum atomic E-state index is 15.2. The summed E-state index contributed by atoms with van der Waals surface area (Å²) in [6.45, 7) is 5.92.